The third kappa shape index (κ3) is 2.84. The Balaban J connectivity index is 1.49. The second-order valence-electron chi connectivity index (χ2n) is 6.87. The van der Waals surface area contributed by atoms with Crippen LogP contribution in [-0.4, -0.2) is 52.9 Å². The highest BCUT2D eigenvalue weighted by Gasteiger charge is 2.28. The Morgan fingerprint density at radius 3 is 2.50 bits per heavy atom. The number of carbonyl (C=O) groups is 1. The molecule has 0 radical (unpaired) electrons. The van der Waals surface area contributed by atoms with Gasteiger partial charge in [0.15, 0.2) is 0 Å². The number of hydrogen-bond donors (Lipinski definition) is 1. The monoisotopic (exact) mass is 325 g/mol. The summed E-state index contributed by atoms with van der Waals surface area (Å²) in [7, 11) is 0. The lowest BCUT2D eigenvalue weighted by atomic mass is 10.1. The molecule has 1 aromatic carbocycles. The summed E-state index contributed by atoms with van der Waals surface area (Å²) in [5.41, 5.74) is 0.203. The van der Waals surface area contributed by atoms with Gasteiger partial charge in [-0.25, -0.2) is 0 Å². The molecular formula is C19H23N3O2. The van der Waals surface area contributed by atoms with Crippen molar-refractivity contribution in [3.8, 4) is 0 Å². The highest BCUT2D eigenvalue weighted by Crippen LogP contribution is 2.24. The van der Waals surface area contributed by atoms with Crippen LogP contribution < -0.4 is 5.56 Å². The number of aromatic nitrogens is 1. The molecule has 1 aromatic heterocycles. The highest BCUT2D eigenvalue weighted by atomic mass is 16.2. The van der Waals surface area contributed by atoms with Gasteiger partial charge >= 0.3 is 0 Å². The minimum absolute atomic E-state index is 0.0658. The molecule has 1 saturated heterocycles. The van der Waals surface area contributed by atoms with E-state index in [1.165, 1.54) is 25.7 Å². The molecule has 1 amide bonds. The maximum Gasteiger partial charge on any atom is 0.270 e. The van der Waals surface area contributed by atoms with Gasteiger partial charge < -0.3 is 9.88 Å². The third-order valence-corrected chi connectivity index (χ3v) is 5.43. The minimum Gasteiger partial charge on any atom is -0.335 e. The van der Waals surface area contributed by atoms with Crippen LogP contribution in [0.15, 0.2) is 35.1 Å². The molecule has 0 bridgehead atoms. The molecule has 0 unspecified atom stereocenters. The lowest BCUT2D eigenvalue weighted by Gasteiger charge is -2.38. The van der Waals surface area contributed by atoms with Crippen molar-refractivity contribution in [2.75, 3.05) is 26.2 Å². The van der Waals surface area contributed by atoms with Crippen molar-refractivity contribution in [1.82, 2.24) is 14.8 Å². The van der Waals surface area contributed by atoms with Gasteiger partial charge in [-0.3, -0.25) is 14.5 Å². The molecule has 1 aliphatic carbocycles. The molecule has 2 aromatic rings. The number of nitrogens with zero attached hydrogens (tertiary/aromatic N) is 2. The van der Waals surface area contributed by atoms with Gasteiger partial charge in [0.05, 0.1) is 0 Å². The summed E-state index contributed by atoms with van der Waals surface area (Å²) in [6, 6.07) is 9.88. The summed E-state index contributed by atoms with van der Waals surface area (Å²) in [5, 5.41) is 1.44. The number of rotatable bonds is 2. The average molecular weight is 325 g/mol. The molecule has 0 spiro atoms. The largest absolute Gasteiger partial charge is 0.335 e. The average Bonchev–Trinajstić information content (AvgIpc) is 3.16. The standard InChI is InChI=1S/C19H23N3O2/c23-18-16-8-4-1-5-14(16)13-17(20-18)19(24)22-11-9-21(10-12-22)15-6-2-3-7-15/h1,4-5,8,13,15H,2-3,6-7,9-12H2,(H,20,23). The van der Waals surface area contributed by atoms with Gasteiger partial charge in [0.2, 0.25) is 0 Å². The Labute approximate surface area is 141 Å². The highest BCUT2D eigenvalue weighted by molar-refractivity contribution is 5.96. The number of carbonyl (C=O) groups excluding carboxylic acids is 1. The Morgan fingerprint density at radius 1 is 1.04 bits per heavy atom. The first-order chi connectivity index (χ1) is 11.7. The van der Waals surface area contributed by atoms with Crippen LogP contribution in [0.25, 0.3) is 10.8 Å². The molecule has 2 fully saturated rings. The first-order valence-corrected chi connectivity index (χ1v) is 8.88. The maximum absolute atomic E-state index is 12.8. The summed E-state index contributed by atoms with van der Waals surface area (Å²) in [4.78, 5) is 32.1. The molecular weight excluding hydrogens is 302 g/mol. The van der Waals surface area contributed by atoms with Crippen molar-refractivity contribution in [2.24, 2.45) is 0 Å². The second-order valence-corrected chi connectivity index (χ2v) is 6.87. The number of hydrogen-bond acceptors (Lipinski definition) is 3. The lowest BCUT2D eigenvalue weighted by Crippen LogP contribution is -2.51. The zero-order chi connectivity index (χ0) is 16.5. The van der Waals surface area contributed by atoms with Crippen LogP contribution in [0.3, 0.4) is 0 Å². The molecule has 5 heteroatoms. The number of aromatic amines is 1. The summed E-state index contributed by atoms with van der Waals surface area (Å²) in [5.74, 6) is -0.0658. The quantitative estimate of drug-likeness (QED) is 0.921. The first kappa shape index (κ1) is 15.4. The van der Waals surface area contributed by atoms with Crippen LogP contribution in [0, 0.1) is 0 Å². The van der Waals surface area contributed by atoms with Crippen LogP contribution in [0.5, 0.6) is 0 Å². The molecule has 1 N–H and O–H groups in total. The number of pyridine rings is 1. The minimum atomic E-state index is -0.193. The van der Waals surface area contributed by atoms with E-state index in [0.29, 0.717) is 17.1 Å². The Bertz CT molecular complexity index is 800. The van der Waals surface area contributed by atoms with E-state index in [4.69, 9.17) is 0 Å². The fraction of sp³-hybridized carbons (Fsp3) is 0.474. The van der Waals surface area contributed by atoms with E-state index in [2.05, 4.69) is 9.88 Å². The van der Waals surface area contributed by atoms with Crippen LogP contribution in [0.1, 0.15) is 36.2 Å². The van der Waals surface area contributed by atoms with E-state index in [1.807, 2.05) is 23.1 Å². The predicted octanol–water partition coefficient (Wildman–Crippen LogP) is 2.23. The van der Waals surface area contributed by atoms with Crippen LogP contribution in [0.4, 0.5) is 0 Å². The summed E-state index contributed by atoms with van der Waals surface area (Å²) < 4.78 is 0. The number of nitrogens with one attached hydrogen (secondary N) is 1. The zero-order valence-corrected chi connectivity index (χ0v) is 13.8. The van der Waals surface area contributed by atoms with Crippen molar-refractivity contribution in [3.63, 3.8) is 0 Å². The second kappa shape index (κ2) is 6.40. The van der Waals surface area contributed by atoms with Crippen molar-refractivity contribution >= 4 is 16.7 Å². The van der Waals surface area contributed by atoms with Gasteiger partial charge in [0, 0.05) is 37.6 Å². The van der Waals surface area contributed by atoms with Gasteiger partial charge in [-0.1, -0.05) is 31.0 Å². The molecule has 24 heavy (non-hydrogen) atoms. The summed E-state index contributed by atoms with van der Waals surface area (Å²) in [6.45, 7) is 3.36. The number of benzene rings is 1. The van der Waals surface area contributed by atoms with E-state index in [9.17, 15) is 9.59 Å². The van der Waals surface area contributed by atoms with E-state index >= 15 is 0 Å². The molecule has 1 aliphatic heterocycles. The normalized spacial score (nSPS) is 19.9. The Kier molecular flexibility index (Phi) is 4.10. The smallest absolute Gasteiger partial charge is 0.270 e. The van der Waals surface area contributed by atoms with Crippen molar-refractivity contribution in [1.29, 1.82) is 0 Å². The molecule has 2 aliphatic rings. The Morgan fingerprint density at radius 2 is 1.75 bits per heavy atom. The van der Waals surface area contributed by atoms with Gasteiger partial charge in [-0.05, 0) is 30.4 Å². The maximum atomic E-state index is 12.8. The van der Waals surface area contributed by atoms with E-state index in [1.54, 1.807) is 12.1 Å². The van der Waals surface area contributed by atoms with E-state index in [-0.39, 0.29) is 11.5 Å². The third-order valence-electron chi connectivity index (χ3n) is 5.43. The molecule has 4 rings (SSSR count). The fourth-order valence-corrected chi connectivity index (χ4v) is 4.06. The zero-order valence-electron chi connectivity index (χ0n) is 13.8. The van der Waals surface area contributed by atoms with Crippen LogP contribution in [0.2, 0.25) is 0 Å². The molecule has 2 heterocycles. The SMILES string of the molecule is O=C(c1cc2ccccc2c(=O)[nH]1)N1CCN(C2CCCC2)CC1. The fourth-order valence-electron chi connectivity index (χ4n) is 4.06. The lowest BCUT2D eigenvalue weighted by molar-refractivity contribution is 0.0568. The summed E-state index contributed by atoms with van der Waals surface area (Å²) >= 11 is 0. The van der Waals surface area contributed by atoms with Crippen LogP contribution in [-0.2, 0) is 0 Å². The van der Waals surface area contributed by atoms with Gasteiger partial charge in [0.1, 0.15) is 5.69 Å². The molecule has 5 nitrogen and oxygen atoms in total. The van der Waals surface area contributed by atoms with Crippen molar-refractivity contribution in [2.45, 2.75) is 31.7 Å². The Hall–Kier alpha value is -2.14. The van der Waals surface area contributed by atoms with E-state index in [0.717, 1.165) is 31.6 Å². The predicted molar refractivity (Wildman–Crippen MR) is 94.3 cm³/mol. The molecule has 0 atom stereocenters. The van der Waals surface area contributed by atoms with E-state index < -0.39 is 0 Å². The topological polar surface area (TPSA) is 56.4 Å². The van der Waals surface area contributed by atoms with Gasteiger partial charge in [0.25, 0.3) is 11.5 Å². The summed E-state index contributed by atoms with van der Waals surface area (Å²) in [6.07, 6.45) is 5.27. The van der Waals surface area contributed by atoms with Crippen molar-refractivity contribution < 1.29 is 4.79 Å². The first-order valence-electron chi connectivity index (χ1n) is 8.88. The van der Waals surface area contributed by atoms with Gasteiger partial charge in [-0.15, -0.1) is 0 Å². The van der Waals surface area contributed by atoms with Gasteiger partial charge in [-0.2, -0.15) is 0 Å². The van der Waals surface area contributed by atoms with Crippen molar-refractivity contribution in [3.05, 3.63) is 46.4 Å². The number of fused-ring (bicyclic) bond motifs is 1. The number of piperazine rings is 1. The number of H-pyrrole nitrogens is 1. The molecule has 1 saturated carbocycles. The molecule has 126 valence electrons. The van der Waals surface area contributed by atoms with Crippen LogP contribution >= 0.6 is 0 Å². The number of amides is 1.